The average Bonchev–Trinajstić information content (AvgIpc) is 2.81. The molecular formula is C17H18O4S2. The van der Waals surface area contributed by atoms with Crippen molar-refractivity contribution in [3.05, 3.63) is 54.1 Å². The van der Waals surface area contributed by atoms with Crippen LogP contribution >= 0.6 is 11.8 Å². The van der Waals surface area contributed by atoms with E-state index in [1.165, 1.54) is 0 Å². The Morgan fingerprint density at radius 3 is 2.61 bits per heavy atom. The molecule has 122 valence electrons. The summed E-state index contributed by atoms with van der Waals surface area (Å²) in [5.74, 6) is 0.897. The second-order valence-electron chi connectivity index (χ2n) is 5.32. The standard InChI is InChI=1S/C17H18O4S2/c18-10-3-11-21-13-6-8-14(9-7-13)22-16-12-23(19,20)17-5-2-1-4-15(16)17/h1-2,4-9,16,18H,3,10-12H2. The van der Waals surface area contributed by atoms with E-state index in [9.17, 15) is 8.42 Å². The zero-order valence-electron chi connectivity index (χ0n) is 12.5. The lowest BCUT2D eigenvalue weighted by molar-refractivity contribution is 0.233. The highest BCUT2D eigenvalue weighted by Crippen LogP contribution is 2.44. The van der Waals surface area contributed by atoms with Gasteiger partial charge in [-0.2, -0.15) is 0 Å². The lowest BCUT2D eigenvalue weighted by Gasteiger charge is -2.11. The summed E-state index contributed by atoms with van der Waals surface area (Å²) in [5.41, 5.74) is 0.890. The Bertz CT molecular complexity index is 769. The molecule has 3 rings (SSSR count). The molecule has 1 aliphatic rings. The van der Waals surface area contributed by atoms with Crippen LogP contribution in [0.25, 0.3) is 0 Å². The summed E-state index contributed by atoms with van der Waals surface area (Å²) in [6.07, 6.45) is 0.604. The number of rotatable bonds is 6. The van der Waals surface area contributed by atoms with Crippen LogP contribution in [0.2, 0.25) is 0 Å². The van der Waals surface area contributed by atoms with Gasteiger partial charge in [0, 0.05) is 17.9 Å². The van der Waals surface area contributed by atoms with E-state index >= 15 is 0 Å². The van der Waals surface area contributed by atoms with E-state index in [-0.39, 0.29) is 17.6 Å². The molecule has 0 fully saturated rings. The number of hydrogen-bond acceptors (Lipinski definition) is 5. The fourth-order valence-corrected chi connectivity index (χ4v) is 5.99. The highest BCUT2D eigenvalue weighted by molar-refractivity contribution is 8.01. The molecule has 0 amide bonds. The number of ether oxygens (including phenoxy) is 1. The minimum atomic E-state index is -3.17. The van der Waals surface area contributed by atoms with Gasteiger partial charge in [0.15, 0.2) is 9.84 Å². The van der Waals surface area contributed by atoms with Gasteiger partial charge >= 0.3 is 0 Å². The van der Waals surface area contributed by atoms with Gasteiger partial charge in [0.25, 0.3) is 0 Å². The summed E-state index contributed by atoms with van der Waals surface area (Å²) in [5, 5.41) is 8.67. The molecule has 2 aromatic carbocycles. The van der Waals surface area contributed by atoms with Crippen molar-refractivity contribution in [2.24, 2.45) is 0 Å². The SMILES string of the molecule is O=S1(=O)CC(Sc2ccc(OCCCO)cc2)c2ccccc21. The summed E-state index contributed by atoms with van der Waals surface area (Å²) < 4.78 is 29.9. The van der Waals surface area contributed by atoms with Gasteiger partial charge in [-0.15, -0.1) is 11.8 Å². The number of benzene rings is 2. The van der Waals surface area contributed by atoms with Gasteiger partial charge in [-0.3, -0.25) is 0 Å². The Hall–Kier alpha value is -1.50. The molecule has 1 atom stereocenters. The highest BCUT2D eigenvalue weighted by atomic mass is 32.2. The maximum atomic E-state index is 12.2. The van der Waals surface area contributed by atoms with Crippen molar-refractivity contribution in [3.8, 4) is 5.75 Å². The zero-order valence-corrected chi connectivity index (χ0v) is 14.1. The summed E-state index contributed by atoms with van der Waals surface area (Å²) in [6.45, 7) is 0.598. The Kier molecular flexibility index (Phi) is 4.94. The first-order valence-electron chi connectivity index (χ1n) is 7.42. The quantitative estimate of drug-likeness (QED) is 0.811. The predicted octanol–water partition coefficient (Wildman–Crippen LogP) is 3.07. The van der Waals surface area contributed by atoms with Gasteiger partial charge in [-0.25, -0.2) is 8.42 Å². The van der Waals surface area contributed by atoms with Crippen LogP contribution in [0.15, 0.2) is 58.3 Å². The molecular weight excluding hydrogens is 332 g/mol. The molecule has 1 unspecified atom stereocenters. The lowest BCUT2D eigenvalue weighted by atomic mass is 10.2. The van der Waals surface area contributed by atoms with Crippen LogP contribution in [0.1, 0.15) is 17.2 Å². The zero-order chi connectivity index (χ0) is 16.3. The maximum Gasteiger partial charge on any atom is 0.180 e. The van der Waals surface area contributed by atoms with E-state index in [0.717, 1.165) is 16.2 Å². The van der Waals surface area contributed by atoms with Crippen molar-refractivity contribution in [1.82, 2.24) is 0 Å². The van der Waals surface area contributed by atoms with Crippen LogP contribution in [0, 0.1) is 0 Å². The molecule has 1 heterocycles. The van der Waals surface area contributed by atoms with Gasteiger partial charge in [-0.1, -0.05) is 18.2 Å². The lowest BCUT2D eigenvalue weighted by Crippen LogP contribution is -2.01. The van der Waals surface area contributed by atoms with Gasteiger partial charge in [-0.05, 0) is 35.9 Å². The molecule has 0 radical (unpaired) electrons. The maximum absolute atomic E-state index is 12.2. The van der Waals surface area contributed by atoms with Crippen LogP contribution in [-0.4, -0.2) is 32.5 Å². The molecule has 1 aliphatic heterocycles. The number of aliphatic hydroxyl groups excluding tert-OH is 1. The highest BCUT2D eigenvalue weighted by Gasteiger charge is 2.34. The molecule has 6 heteroatoms. The van der Waals surface area contributed by atoms with Gasteiger partial charge in [0.2, 0.25) is 0 Å². The van der Waals surface area contributed by atoms with Crippen LogP contribution in [0.3, 0.4) is 0 Å². The van der Waals surface area contributed by atoms with E-state index in [1.54, 1.807) is 23.9 Å². The molecule has 23 heavy (non-hydrogen) atoms. The summed E-state index contributed by atoms with van der Waals surface area (Å²) in [4.78, 5) is 1.47. The van der Waals surface area contributed by atoms with Crippen LogP contribution in [0.4, 0.5) is 0 Å². The minimum absolute atomic E-state index is 0.0719. The first kappa shape index (κ1) is 16.4. The first-order valence-corrected chi connectivity index (χ1v) is 9.95. The third-order valence-electron chi connectivity index (χ3n) is 3.64. The van der Waals surface area contributed by atoms with Crippen molar-refractivity contribution in [2.45, 2.75) is 21.5 Å². The van der Waals surface area contributed by atoms with E-state index in [4.69, 9.17) is 9.84 Å². The normalized spacial score (nSPS) is 18.6. The molecule has 1 N–H and O–H groups in total. The summed E-state index contributed by atoms with van der Waals surface area (Å²) in [7, 11) is -3.17. The Morgan fingerprint density at radius 2 is 1.87 bits per heavy atom. The fourth-order valence-electron chi connectivity index (χ4n) is 2.54. The number of hydrogen-bond donors (Lipinski definition) is 1. The van der Waals surface area contributed by atoms with Crippen molar-refractivity contribution in [3.63, 3.8) is 0 Å². The first-order chi connectivity index (χ1) is 11.1. The van der Waals surface area contributed by atoms with Crippen LogP contribution < -0.4 is 4.74 Å². The molecule has 4 nitrogen and oxygen atoms in total. The summed E-state index contributed by atoms with van der Waals surface area (Å²) >= 11 is 1.56. The van der Waals surface area contributed by atoms with Crippen LogP contribution in [-0.2, 0) is 9.84 Å². The monoisotopic (exact) mass is 350 g/mol. The molecule has 0 aliphatic carbocycles. The Balaban J connectivity index is 1.71. The average molecular weight is 350 g/mol. The molecule has 2 aromatic rings. The second kappa shape index (κ2) is 6.95. The Labute approximate surface area is 140 Å². The molecule has 0 saturated heterocycles. The van der Waals surface area contributed by atoms with Crippen molar-refractivity contribution in [2.75, 3.05) is 19.0 Å². The Morgan fingerprint density at radius 1 is 1.13 bits per heavy atom. The number of fused-ring (bicyclic) bond motifs is 1. The van der Waals surface area contributed by atoms with E-state index < -0.39 is 9.84 Å². The topological polar surface area (TPSA) is 63.6 Å². The van der Waals surface area contributed by atoms with Crippen molar-refractivity contribution < 1.29 is 18.3 Å². The smallest absolute Gasteiger partial charge is 0.180 e. The van der Waals surface area contributed by atoms with Gasteiger partial charge in [0.05, 0.1) is 22.5 Å². The van der Waals surface area contributed by atoms with E-state index in [1.807, 2.05) is 36.4 Å². The van der Waals surface area contributed by atoms with Crippen LogP contribution in [0.5, 0.6) is 5.75 Å². The third kappa shape index (κ3) is 3.71. The second-order valence-corrected chi connectivity index (χ2v) is 8.60. The van der Waals surface area contributed by atoms with Gasteiger partial charge < -0.3 is 9.84 Å². The number of sulfone groups is 1. The minimum Gasteiger partial charge on any atom is -0.494 e. The third-order valence-corrected chi connectivity index (χ3v) is 6.92. The molecule has 0 spiro atoms. The fraction of sp³-hybridized carbons (Fsp3) is 0.294. The van der Waals surface area contributed by atoms with E-state index in [0.29, 0.717) is 17.9 Å². The summed E-state index contributed by atoms with van der Waals surface area (Å²) in [6, 6.07) is 14.8. The van der Waals surface area contributed by atoms with Gasteiger partial charge in [0.1, 0.15) is 5.75 Å². The molecule has 0 bridgehead atoms. The largest absolute Gasteiger partial charge is 0.494 e. The van der Waals surface area contributed by atoms with Crippen molar-refractivity contribution in [1.29, 1.82) is 0 Å². The molecule has 0 saturated carbocycles. The van der Waals surface area contributed by atoms with E-state index in [2.05, 4.69) is 0 Å². The molecule has 0 aromatic heterocycles. The number of aliphatic hydroxyl groups is 1. The number of thioether (sulfide) groups is 1. The van der Waals surface area contributed by atoms with Crippen molar-refractivity contribution >= 4 is 21.6 Å². The predicted molar refractivity (Wildman–Crippen MR) is 90.7 cm³/mol.